The van der Waals surface area contributed by atoms with Gasteiger partial charge in [0, 0.05) is 45.0 Å². The molecule has 0 spiro atoms. The number of piperazine rings is 1. The number of carbonyl (C=O) groups excluding carboxylic acids is 1. The van der Waals surface area contributed by atoms with Gasteiger partial charge in [0.25, 0.3) is 0 Å². The summed E-state index contributed by atoms with van der Waals surface area (Å²) < 4.78 is 24.2. The van der Waals surface area contributed by atoms with Gasteiger partial charge in [-0.25, -0.2) is 4.39 Å². The molecule has 0 bridgehead atoms. The first-order valence-electron chi connectivity index (χ1n) is 10.4. The zero-order valence-electron chi connectivity index (χ0n) is 17.3. The van der Waals surface area contributed by atoms with Crippen LogP contribution in [0.1, 0.15) is 11.7 Å². The molecule has 2 aliphatic rings. The minimum Gasteiger partial charge on any atom is -0.497 e. The van der Waals surface area contributed by atoms with Crippen molar-refractivity contribution in [2.75, 3.05) is 64.4 Å². The molecule has 6 nitrogen and oxygen atoms in total. The number of benzene rings is 2. The molecule has 2 saturated heterocycles. The predicted octanol–water partition coefficient (Wildman–Crippen LogP) is 2.56. The minimum atomic E-state index is -0.254. The SMILES string of the molecule is COc1ccc(N2CCN(C(=O)CN3CCOC(c4ccc(F)cc4)C3)CC2)cc1. The van der Waals surface area contributed by atoms with Gasteiger partial charge in [-0.05, 0) is 42.0 Å². The van der Waals surface area contributed by atoms with Gasteiger partial charge in [0.1, 0.15) is 11.6 Å². The van der Waals surface area contributed by atoms with Crippen LogP contribution in [0, 0.1) is 5.82 Å². The van der Waals surface area contributed by atoms with Crippen molar-refractivity contribution in [3.05, 3.63) is 59.9 Å². The number of hydrogen-bond acceptors (Lipinski definition) is 5. The first kappa shape index (κ1) is 20.6. The zero-order valence-corrected chi connectivity index (χ0v) is 17.3. The quantitative estimate of drug-likeness (QED) is 0.754. The fourth-order valence-electron chi connectivity index (χ4n) is 4.02. The lowest BCUT2D eigenvalue weighted by molar-refractivity contribution is -0.134. The van der Waals surface area contributed by atoms with Crippen LogP contribution in [0.15, 0.2) is 48.5 Å². The number of nitrogens with zero attached hydrogens (tertiary/aromatic N) is 3. The maximum Gasteiger partial charge on any atom is 0.236 e. The summed E-state index contributed by atoms with van der Waals surface area (Å²) in [6.45, 7) is 5.41. The Kier molecular flexibility index (Phi) is 6.50. The second kappa shape index (κ2) is 9.45. The Bertz CT molecular complexity index is 836. The molecule has 1 atom stereocenters. The molecule has 0 saturated carbocycles. The highest BCUT2D eigenvalue weighted by Gasteiger charge is 2.27. The molecule has 0 aromatic heterocycles. The van der Waals surface area contributed by atoms with Crippen molar-refractivity contribution in [2.24, 2.45) is 0 Å². The van der Waals surface area contributed by atoms with E-state index in [9.17, 15) is 9.18 Å². The second-order valence-electron chi connectivity index (χ2n) is 7.71. The summed E-state index contributed by atoms with van der Waals surface area (Å²) >= 11 is 0. The number of amides is 1. The molecular formula is C23H28FN3O3. The van der Waals surface area contributed by atoms with E-state index >= 15 is 0 Å². The fraction of sp³-hybridized carbons (Fsp3) is 0.435. The number of morpholine rings is 1. The van der Waals surface area contributed by atoms with Gasteiger partial charge in [-0.1, -0.05) is 12.1 Å². The van der Waals surface area contributed by atoms with Crippen molar-refractivity contribution in [1.29, 1.82) is 0 Å². The Hall–Kier alpha value is -2.64. The largest absolute Gasteiger partial charge is 0.497 e. The van der Waals surface area contributed by atoms with Crippen molar-refractivity contribution in [2.45, 2.75) is 6.10 Å². The lowest BCUT2D eigenvalue weighted by atomic mass is 10.1. The lowest BCUT2D eigenvalue weighted by Crippen LogP contribution is -2.52. The van der Waals surface area contributed by atoms with Crippen LogP contribution in [0.5, 0.6) is 5.75 Å². The van der Waals surface area contributed by atoms with Crippen molar-refractivity contribution in [3.8, 4) is 5.75 Å². The van der Waals surface area contributed by atoms with E-state index in [0.29, 0.717) is 19.7 Å². The maximum absolute atomic E-state index is 13.2. The average Bonchev–Trinajstić information content (AvgIpc) is 2.80. The van der Waals surface area contributed by atoms with E-state index < -0.39 is 0 Å². The van der Waals surface area contributed by atoms with Crippen molar-refractivity contribution in [1.82, 2.24) is 9.80 Å². The minimum absolute atomic E-state index is 0.126. The first-order chi connectivity index (χ1) is 14.6. The van der Waals surface area contributed by atoms with E-state index in [1.165, 1.54) is 12.1 Å². The molecule has 7 heteroatoms. The Morgan fingerprint density at radius 3 is 2.40 bits per heavy atom. The van der Waals surface area contributed by atoms with Gasteiger partial charge in [-0.3, -0.25) is 9.69 Å². The van der Waals surface area contributed by atoms with Gasteiger partial charge in [0.15, 0.2) is 0 Å². The summed E-state index contributed by atoms with van der Waals surface area (Å²) in [5.74, 6) is 0.747. The second-order valence-corrected chi connectivity index (χ2v) is 7.71. The highest BCUT2D eigenvalue weighted by Crippen LogP contribution is 2.23. The standard InChI is InChI=1S/C23H28FN3O3/c1-29-21-8-6-20(7-9-21)26-10-12-27(13-11-26)23(28)17-25-14-15-30-22(16-25)18-2-4-19(24)5-3-18/h2-9,22H,10-17H2,1H3. The predicted molar refractivity (Wildman–Crippen MR) is 113 cm³/mol. The average molecular weight is 413 g/mol. The van der Waals surface area contributed by atoms with Crippen LogP contribution < -0.4 is 9.64 Å². The number of hydrogen-bond donors (Lipinski definition) is 0. The highest BCUT2D eigenvalue weighted by atomic mass is 19.1. The maximum atomic E-state index is 13.2. The topological polar surface area (TPSA) is 45.2 Å². The third-order valence-electron chi connectivity index (χ3n) is 5.82. The Balaban J connectivity index is 1.27. The van der Waals surface area contributed by atoms with Gasteiger partial charge >= 0.3 is 0 Å². The molecule has 30 heavy (non-hydrogen) atoms. The molecule has 0 aliphatic carbocycles. The molecule has 1 amide bonds. The summed E-state index contributed by atoms with van der Waals surface area (Å²) in [5, 5.41) is 0. The summed E-state index contributed by atoms with van der Waals surface area (Å²) in [5.41, 5.74) is 2.10. The van der Waals surface area contributed by atoms with Gasteiger partial charge in [-0.2, -0.15) is 0 Å². The van der Waals surface area contributed by atoms with E-state index in [-0.39, 0.29) is 17.8 Å². The van der Waals surface area contributed by atoms with E-state index in [2.05, 4.69) is 21.9 Å². The van der Waals surface area contributed by atoms with E-state index in [4.69, 9.17) is 9.47 Å². The summed E-state index contributed by atoms with van der Waals surface area (Å²) in [6, 6.07) is 14.4. The van der Waals surface area contributed by atoms with Gasteiger partial charge in [0.2, 0.25) is 5.91 Å². The fourth-order valence-corrected chi connectivity index (χ4v) is 4.02. The van der Waals surface area contributed by atoms with Crippen LogP contribution in [0.3, 0.4) is 0 Å². The summed E-state index contributed by atoms with van der Waals surface area (Å²) in [7, 11) is 1.66. The summed E-state index contributed by atoms with van der Waals surface area (Å²) in [6.07, 6.45) is -0.126. The Morgan fingerprint density at radius 2 is 1.73 bits per heavy atom. The number of methoxy groups -OCH3 is 1. The van der Waals surface area contributed by atoms with Gasteiger partial charge < -0.3 is 19.3 Å². The summed E-state index contributed by atoms with van der Waals surface area (Å²) in [4.78, 5) is 19.2. The van der Waals surface area contributed by atoms with Gasteiger partial charge in [0.05, 0.1) is 26.4 Å². The van der Waals surface area contributed by atoms with E-state index in [0.717, 1.165) is 49.7 Å². The van der Waals surface area contributed by atoms with Crippen LogP contribution in [-0.4, -0.2) is 75.2 Å². The Morgan fingerprint density at radius 1 is 1.03 bits per heavy atom. The van der Waals surface area contributed by atoms with Crippen molar-refractivity contribution >= 4 is 11.6 Å². The first-order valence-corrected chi connectivity index (χ1v) is 10.4. The van der Waals surface area contributed by atoms with Crippen LogP contribution in [0.2, 0.25) is 0 Å². The molecule has 2 aromatic rings. The molecule has 0 N–H and O–H groups in total. The molecular weight excluding hydrogens is 385 g/mol. The number of anilines is 1. The Labute approximate surface area is 176 Å². The van der Waals surface area contributed by atoms with E-state index in [1.54, 1.807) is 19.2 Å². The van der Waals surface area contributed by atoms with Gasteiger partial charge in [-0.15, -0.1) is 0 Å². The molecule has 0 radical (unpaired) electrons. The van der Waals surface area contributed by atoms with Crippen molar-refractivity contribution in [3.63, 3.8) is 0 Å². The van der Waals surface area contributed by atoms with Crippen LogP contribution in [0.25, 0.3) is 0 Å². The molecule has 2 fully saturated rings. The van der Waals surface area contributed by atoms with E-state index in [1.807, 2.05) is 17.0 Å². The third-order valence-corrected chi connectivity index (χ3v) is 5.82. The van der Waals surface area contributed by atoms with Crippen LogP contribution in [0.4, 0.5) is 10.1 Å². The smallest absolute Gasteiger partial charge is 0.236 e. The molecule has 2 aromatic carbocycles. The molecule has 2 aliphatic heterocycles. The third kappa shape index (κ3) is 4.91. The highest BCUT2D eigenvalue weighted by molar-refractivity contribution is 5.78. The van der Waals surface area contributed by atoms with Crippen LogP contribution in [-0.2, 0) is 9.53 Å². The molecule has 2 heterocycles. The number of carbonyl (C=O) groups is 1. The molecule has 160 valence electrons. The lowest BCUT2D eigenvalue weighted by Gasteiger charge is -2.38. The number of halogens is 1. The monoisotopic (exact) mass is 413 g/mol. The number of ether oxygens (including phenoxy) is 2. The van der Waals surface area contributed by atoms with Crippen LogP contribution >= 0.6 is 0 Å². The zero-order chi connectivity index (χ0) is 20.9. The normalized spacial score (nSPS) is 20.3. The van der Waals surface area contributed by atoms with Crippen molar-refractivity contribution < 1.29 is 18.7 Å². The molecule has 1 unspecified atom stereocenters. The number of rotatable bonds is 5. The molecule has 4 rings (SSSR count).